The van der Waals surface area contributed by atoms with Crippen molar-refractivity contribution in [1.82, 2.24) is 9.80 Å². The lowest BCUT2D eigenvalue weighted by atomic mass is 10.3. The van der Waals surface area contributed by atoms with Crippen LogP contribution in [0.1, 0.15) is 0 Å². The molecule has 0 radical (unpaired) electrons. The molecule has 88 valence electrons. The van der Waals surface area contributed by atoms with E-state index in [9.17, 15) is 26.3 Å². The SMILES string of the molecule is CN1C=CN(C(F)(F)C(F)C(F)(F)F)C1. The van der Waals surface area contributed by atoms with E-state index in [0.717, 1.165) is 12.4 Å². The fourth-order valence-electron chi connectivity index (χ4n) is 1.07. The molecule has 0 fully saturated rings. The van der Waals surface area contributed by atoms with Crippen molar-refractivity contribution in [2.75, 3.05) is 13.7 Å². The van der Waals surface area contributed by atoms with Crippen molar-refractivity contribution >= 4 is 0 Å². The average molecular weight is 234 g/mol. The Balaban J connectivity index is 2.79. The number of rotatable bonds is 2. The van der Waals surface area contributed by atoms with Gasteiger partial charge in [0.05, 0.1) is 6.67 Å². The highest BCUT2D eigenvalue weighted by Gasteiger charge is 2.60. The zero-order valence-corrected chi connectivity index (χ0v) is 7.60. The van der Waals surface area contributed by atoms with E-state index in [2.05, 4.69) is 0 Å². The zero-order chi connectivity index (χ0) is 11.9. The minimum Gasteiger partial charge on any atom is -0.361 e. The maximum atomic E-state index is 12.9. The van der Waals surface area contributed by atoms with Gasteiger partial charge in [-0.2, -0.15) is 22.0 Å². The Labute approximate surface area is 81.7 Å². The summed E-state index contributed by atoms with van der Waals surface area (Å²) in [7, 11) is 1.38. The lowest BCUT2D eigenvalue weighted by molar-refractivity contribution is -0.281. The monoisotopic (exact) mass is 234 g/mol. The molecule has 1 aliphatic rings. The van der Waals surface area contributed by atoms with E-state index in [4.69, 9.17) is 0 Å². The van der Waals surface area contributed by atoms with E-state index in [1.165, 1.54) is 11.9 Å². The second-order valence-electron chi connectivity index (χ2n) is 3.16. The third kappa shape index (κ3) is 2.29. The van der Waals surface area contributed by atoms with Crippen molar-refractivity contribution in [1.29, 1.82) is 0 Å². The Hall–Kier alpha value is -1.08. The summed E-state index contributed by atoms with van der Waals surface area (Å²) in [6.45, 7) is -0.483. The van der Waals surface area contributed by atoms with Crippen LogP contribution in [0.4, 0.5) is 26.3 Å². The third-order valence-electron chi connectivity index (χ3n) is 1.85. The molecule has 1 unspecified atom stereocenters. The zero-order valence-electron chi connectivity index (χ0n) is 7.60. The van der Waals surface area contributed by atoms with Crippen molar-refractivity contribution in [2.24, 2.45) is 0 Å². The van der Waals surface area contributed by atoms with Crippen molar-refractivity contribution in [2.45, 2.75) is 18.4 Å². The first-order valence-electron chi connectivity index (χ1n) is 3.89. The van der Waals surface area contributed by atoms with Gasteiger partial charge in [0.1, 0.15) is 0 Å². The normalized spacial score (nSPS) is 19.9. The first kappa shape index (κ1) is 12.0. The molecule has 0 N–H and O–H groups in total. The molecule has 1 atom stereocenters. The van der Waals surface area contributed by atoms with E-state index in [1.807, 2.05) is 0 Å². The van der Waals surface area contributed by atoms with Crippen LogP contribution in [0.15, 0.2) is 12.4 Å². The molecule has 0 saturated heterocycles. The van der Waals surface area contributed by atoms with Crippen molar-refractivity contribution in [3.8, 4) is 0 Å². The van der Waals surface area contributed by atoms with Crippen molar-refractivity contribution < 1.29 is 26.3 Å². The van der Waals surface area contributed by atoms with Gasteiger partial charge in [-0.3, -0.25) is 4.90 Å². The van der Waals surface area contributed by atoms with Gasteiger partial charge in [-0.25, -0.2) is 4.39 Å². The maximum Gasteiger partial charge on any atom is 0.427 e. The summed E-state index contributed by atoms with van der Waals surface area (Å²) in [5, 5.41) is 0. The Morgan fingerprint density at radius 2 is 1.67 bits per heavy atom. The summed E-state index contributed by atoms with van der Waals surface area (Å²) in [6, 6.07) is -4.58. The van der Waals surface area contributed by atoms with Crippen LogP contribution in [0.3, 0.4) is 0 Å². The molecule has 0 aromatic rings. The first-order valence-corrected chi connectivity index (χ1v) is 3.89. The second-order valence-corrected chi connectivity index (χ2v) is 3.16. The van der Waals surface area contributed by atoms with Crippen LogP contribution in [0.5, 0.6) is 0 Å². The van der Waals surface area contributed by atoms with Gasteiger partial charge in [-0.15, -0.1) is 0 Å². The van der Waals surface area contributed by atoms with Gasteiger partial charge in [-0.1, -0.05) is 0 Å². The van der Waals surface area contributed by atoms with Crippen molar-refractivity contribution in [3.63, 3.8) is 0 Å². The Morgan fingerprint density at radius 1 is 1.13 bits per heavy atom. The Bertz CT molecular complexity index is 261. The number of hydrogen-bond donors (Lipinski definition) is 0. The summed E-state index contributed by atoms with van der Waals surface area (Å²) in [5.74, 6) is 0. The molecule has 0 aromatic heterocycles. The summed E-state index contributed by atoms with van der Waals surface area (Å²) >= 11 is 0. The number of hydrogen-bond acceptors (Lipinski definition) is 2. The fraction of sp³-hybridized carbons (Fsp3) is 0.714. The predicted molar refractivity (Wildman–Crippen MR) is 39.5 cm³/mol. The largest absolute Gasteiger partial charge is 0.427 e. The molecule has 1 rings (SSSR count). The molecule has 0 amide bonds. The van der Waals surface area contributed by atoms with Gasteiger partial charge >= 0.3 is 12.2 Å². The van der Waals surface area contributed by atoms with Crippen LogP contribution in [-0.4, -0.2) is 41.9 Å². The van der Waals surface area contributed by atoms with Gasteiger partial charge < -0.3 is 4.90 Å². The molecule has 0 aliphatic carbocycles. The van der Waals surface area contributed by atoms with E-state index >= 15 is 0 Å². The van der Waals surface area contributed by atoms with E-state index in [-0.39, 0.29) is 4.90 Å². The molecular weight excluding hydrogens is 226 g/mol. The maximum absolute atomic E-state index is 12.9. The lowest BCUT2D eigenvalue weighted by Gasteiger charge is -2.31. The van der Waals surface area contributed by atoms with E-state index in [1.54, 1.807) is 0 Å². The van der Waals surface area contributed by atoms with E-state index < -0.39 is 25.1 Å². The molecule has 1 aliphatic heterocycles. The summed E-state index contributed by atoms with van der Waals surface area (Å²) < 4.78 is 73.7. The van der Waals surface area contributed by atoms with Gasteiger partial charge in [0, 0.05) is 19.4 Å². The quantitative estimate of drug-likeness (QED) is 0.533. The molecule has 8 heteroatoms. The fourth-order valence-corrected chi connectivity index (χ4v) is 1.07. The molecule has 0 bridgehead atoms. The standard InChI is InChI=1S/C7H8F6N2/c1-14-2-3-15(4-14)7(12,13)5(8)6(9,10)11/h2-3,5H,4H2,1H3. The first-order chi connectivity index (χ1) is 6.65. The Kier molecular flexibility index (Phi) is 2.79. The van der Waals surface area contributed by atoms with Gasteiger partial charge in [-0.05, 0) is 0 Å². The Morgan fingerprint density at radius 3 is 2.00 bits per heavy atom. The number of halogens is 6. The number of nitrogens with zero attached hydrogens (tertiary/aromatic N) is 2. The molecule has 0 aromatic carbocycles. The molecule has 2 nitrogen and oxygen atoms in total. The summed E-state index contributed by atoms with van der Waals surface area (Å²) in [6.07, 6.45) is -7.91. The summed E-state index contributed by atoms with van der Waals surface area (Å²) in [5.41, 5.74) is 0. The van der Waals surface area contributed by atoms with Crippen LogP contribution in [0.25, 0.3) is 0 Å². The highest BCUT2D eigenvalue weighted by Crippen LogP contribution is 2.38. The topological polar surface area (TPSA) is 6.48 Å². The molecule has 0 saturated carbocycles. The average Bonchev–Trinajstić information content (AvgIpc) is 2.49. The van der Waals surface area contributed by atoms with Crippen LogP contribution >= 0.6 is 0 Å². The van der Waals surface area contributed by atoms with Gasteiger partial charge in [0.15, 0.2) is 0 Å². The molecular formula is C7H8F6N2. The van der Waals surface area contributed by atoms with Crippen LogP contribution < -0.4 is 0 Å². The molecule has 0 spiro atoms. The third-order valence-corrected chi connectivity index (χ3v) is 1.85. The smallest absolute Gasteiger partial charge is 0.361 e. The van der Waals surface area contributed by atoms with Gasteiger partial charge in [0.25, 0.3) is 6.17 Å². The molecule has 1 heterocycles. The molecule has 15 heavy (non-hydrogen) atoms. The lowest BCUT2D eigenvalue weighted by Crippen LogP contribution is -2.52. The van der Waals surface area contributed by atoms with Crippen molar-refractivity contribution in [3.05, 3.63) is 12.4 Å². The predicted octanol–water partition coefficient (Wildman–Crippen LogP) is 2.16. The van der Waals surface area contributed by atoms with Crippen LogP contribution in [-0.2, 0) is 0 Å². The van der Waals surface area contributed by atoms with Crippen LogP contribution in [0, 0.1) is 0 Å². The second kappa shape index (κ2) is 3.49. The minimum absolute atomic E-state index is 0.00512. The minimum atomic E-state index is -5.57. The number of alkyl halides is 6. The van der Waals surface area contributed by atoms with E-state index in [0.29, 0.717) is 0 Å². The summed E-state index contributed by atoms with van der Waals surface area (Å²) in [4.78, 5) is 1.21. The highest BCUT2D eigenvalue weighted by atomic mass is 19.4. The van der Waals surface area contributed by atoms with Gasteiger partial charge in [0.2, 0.25) is 0 Å². The highest BCUT2D eigenvalue weighted by molar-refractivity contribution is 4.96. The van der Waals surface area contributed by atoms with Crippen LogP contribution in [0.2, 0.25) is 0 Å².